The van der Waals surface area contributed by atoms with Gasteiger partial charge in [0.25, 0.3) is 0 Å². The minimum absolute atomic E-state index is 0.484. The van der Waals surface area contributed by atoms with Gasteiger partial charge in [-0.1, -0.05) is 41.8 Å². The van der Waals surface area contributed by atoms with Gasteiger partial charge in [-0.3, -0.25) is 0 Å². The van der Waals surface area contributed by atoms with E-state index in [9.17, 15) is 0 Å². The van der Waals surface area contributed by atoms with Crippen molar-refractivity contribution in [3.05, 3.63) is 60.6 Å². The number of anilines is 2. The van der Waals surface area contributed by atoms with Gasteiger partial charge < -0.3 is 10.1 Å². The molecule has 4 rings (SSSR count). The molecule has 3 heterocycles. The second-order valence-electron chi connectivity index (χ2n) is 4.95. The summed E-state index contributed by atoms with van der Waals surface area (Å²) in [5.74, 6) is 2.38. The molecule has 0 aliphatic rings. The lowest BCUT2D eigenvalue weighted by molar-refractivity contribution is 0.465. The van der Waals surface area contributed by atoms with Crippen LogP contribution in [0.3, 0.4) is 0 Å². The van der Waals surface area contributed by atoms with Gasteiger partial charge in [0.1, 0.15) is 21.9 Å². The Balaban J connectivity index is 1.58. The van der Waals surface area contributed by atoms with Gasteiger partial charge in [0.15, 0.2) is 11.0 Å². The van der Waals surface area contributed by atoms with Crippen LogP contribution in [0.1, 0.15) is 5.82 Å². The van der Waals surface area contributed by atoms with Crippen LogP contribution in [0.15, 0.2) is 54.7 Å². The number of thiazole rings is 1. The van der Waals surface area contributed by atoms with Gasteiger partial charge in [0.2, 0.25) is 5.88 Å². The average Bonchev–Trinajstić information content (AvgIpc) is 3.04. The summed E-state index contributed by atoms with van der Waals surface area (Å²) in [5, 5.41) is 5.26. The highest BCUT2D eigenvalue weighted by Gasteiger charge is 2.08. The predicted molar refractivity (Wildman–Crippen MR) is 102 cm³/mol. The predicted octanol–water partition coefficient (Wildman–Crippen LogP) is 4.37. The first kappa shape index (κ1) is 15.6. The molecule has 122 valence electrons. The number of hydrogen-bond donors (Lipinski definition) is 1. The van der Waals surface area contributed by atoms with Crippen LogP contribution in [0.25, 0.3) is 10.3 Å². The molecular weight excluding hydrogens is 354 g/mol. The summed E-state index contributed by atoms with van der Waals surface area (Å²) in [4.78, 5) is 18.1. The maximum absolute atomic E-state index is 5.76. The molecule has 6 nitrogen and oxygen atoms in total. The van der Waals surface area contributed by atoms with Gasteiger partial charge in [-0.15, -0.1) is 0 Å². The van der Waals surface area contributed by atoms with Crippen LogP contribution < -0.4 is 10.1 Å². The van der Waals surface area contributed by atoms with Crippen molar-refractivity contribution in [3.63, 3.8) is 0 Å². The summed E-state index contributed by atoms with van der Waals surface area (Å²) in [7, 11) is 0. The average molecular weight is 365 g/mol. The van der Waals surface area contributed by atoms with Gasteiger partial charge in [0.05, 0.1) is 0 Å². The van der Waals surface area contributed by atoms with E-state index in [1.54, 1.807) is 18.3 Å². The van der Waals surface area contributed by atoms with Crippen molar-refractivity contribution in [1.29, 1.82) is 0 Å². The summed E-state index contributed by atoms with van der Waals surface area (Å²) >= 11 is 6.27. The number of nitrogens with zero attached hydrogens (tertiary/aromatic N) is 4. The molecule has 0 atom stereocenters. The fraction of sp³-hybridized carbons (Fsp3) is 0. The smallest absolute Gasteiger partial charge is 0.220 e. The van der Waals surface area contributed by atoms with Crippen LogP contribution in [0.5, 0.6) is 11.6 Å². The molecule has 1 aromatic carbocycles. The number of aromatic nitrogens is 4. The first-order valence-corrected chi connectivity index (χ1v) is 8.65. The van der Waals surface area contributed by atoms with Crippen LogP contribution in [-0.2, 0) is 0 Å². The van der Waals surface area contributed by atoms with Gasteiger partial charge >= 0.3 is 0 Å². The topological polar surface area (TPSA) is 72.8 Å². The van der Waals surface area contributed by atoms with Gasteiger partial charge in [0, 0.05) is 17.6 Å². The summed E-state index contributed by atoms with van der Waals surface area (Å²) < 4.78 is 5.76. The molecule has 0 fully saturated rings. The molecule has 0 amide bonds. The van der Waals surface area contributed by atoms with Crippen LogP contribution in [0.4, 0.5) is 10.9 Å². The summed E-state index contributed by atoms with van der Waals surface area (Å²) in [6.45, 7) is 0. The number of pyridine rings is 1. The van der Waals surface area contributed by atoms with Crippen molar-refractivity contribution >= 4 is 50.2 Å². The Morgan fingerprint density at radius 2 is 1.88 bits per heavy atom. The van der Waals surface area contributed by atoms with E-state index in [1.807, 2.05) is 36.4 Å². The highest BCUT2D eigenvalue weighted by Crippen LogP contribution is 2.29. The Morgan fingerprint density at radius 1 is 1.00 bits per heavy atom. The van der Waals surface area contributed by atoms with E-state index < -0.39 is 0 Å². The van der Waals surface area contributed by atoms with Crippen LogP contribution in [0.2, 0.25) is 0 Å². The fourth-order valence-electron chi connectivity index (χ4n) is 2.13. The first-order valence-electron chi connectivity index (χ1n) is 7.36. The Labute approximate surface area is 152 Å². The minimum atomic E-state index is 0.484. The zero-order valence-corrected chi connectivity index (χ0v) is 14.4. The number of rotatable bonds is 5. The summed E-state index contributed by atoms with van der Waals surface area (Å²) in [6.07, 6.45) is 1.64. The number of ether oxygens (including phenoxy) is 1. The second-order valence-corrected chi connectivity index (χ2v) is 6.16. The number of hydrogen-bond acceptors (Lipinski definition) is 8. The number of benzene rings is 1. The van der Waals surface area contributed by atoms with Gasteiger partial charge in [-0.2, -0.15) is 0 Å². The van der Waals surface area contributed by atoms with Crippen LogP contribution in [0, 0.1) is 0 Å². The number of nitrogens with one attached hydrogen (secondary N) is 1. The molecule has 0 radical (unpaired) electrons. The highest BCUT2D eigenvalue weighted by atomic mass is 32.1. The van der Waals surface area contributed by atoms with Crippen molar-refractivity contribution in [2.45, 2.75) is 0 Å². The third-order valence-corrected chi connectivity index (χ3v) is 4.30. The van der Waals surface area contributed by atoms with E-state index >= 15 is 0 Å². The largest absolute Gasteiger partial charge is 0.439 e. The lowest BCUT2D eigenvalue weighted by Crippen LogP contribution is -1.97. The molecule has 8 heteroatoms. The molecule has 1 N–H and O–H groups in total. The van der Waals surface area contributed by atoms with Crippen molar-refractivity contribution in [2.75, 3.05) is 5.32 Å². The number of thiocarbonyl (C=S) groups is 1. The molecule has 3 aromatic heterocycles. The Bertz CT molecular complexity index is 1040. The molecule has 0 bridgehead atoms. The standard InChI is InChI=1S/C17H11N5OS2/c24-10-14-18-9-8-13(20-14)21-17-19-12-6-7-15(22-16(12)25-17)23-11-4-2-1-3-5-11/h1-10H,(H,18,19,20,21). The van der Waals surface area contributed by atoms with Gasteiger partial charge in [-0.25, -0.2) is 19.9 Å². The molecule has 0 saturated heterocycles. The van der Waals surface area contributed by atoms with Crippen LogP contribution in [-0.4, -0.2) is 25.3 Å². The normalized spacial score (nSPS) is 10.6. The second kappa shape index (κ2) is 6.88. The monoisotopic (exact) mass is 365 g/mol. The Kier molecular flexibility index (Phi) is 4.28. The molecular formula is C17H11N5OS2. The van der Waals surface area contributed by atoms with E-state index in [0.717, 1.165) is 16.1 Å². The summed E-state index contributed by atoms with van der Waals surface area (Å²) in [6, 6.07) is 15.0. The lowest BCUT2D eigenvalue weighted by atomic mass is 10.3. The van der Waals surface area contributed by atoms with Crippen LogP contribution >= 0.6 is 23.6 Å². The maximum Gasteiger partial charge on any atom is 0.220 e. The molecule has 25 heavy (non-hydrogen) atoms. The zero-order chi connectivity index (χ0) is 17.1. The van der Waals surface area contributed by atoms with E-state index in [0.29, 0.717) is 22.7 Å². The van der Waals surface area contributed by atoms with Gasteiger partial charge in [-0.05, 0) is 24.3 Å². The molecule has 0 aliphatic carbocycles. The number of fused-ring (bicyclic) bond motifs is 1. The lowest BCUT2D eigenvalue weighted by Gasteiger charge is -2.03. The molecule has 0 spiro atoms. The maximum atomic E-state index is 5.76. The quantitative estimate of drug-likeness (QED) is 0.527. The Morgan fingerprint density at radius 3 is 2.72 bits per heavy atom. The molecule has 0 aliphatic heterocycles. The third kappa shape index (κ3) is 3.59. The SMILES string of the molecule is S=Cc1nccc(Nc2nc3ccc(Oc4ccccc4)nc3s2)n1. The summed E-state index contributed by atoms with van der Waals surface area (Å²) in [5.41, 5.74) is 0.789. The number of para-hydroxylation sites is 1. The van der Waals surface area contributed by atoms with E-state index in [-0.39, 0.29) is 0 Å². The third-order valence-electron chi connectivity index (χ3n) is 3.21. The molecule has 0 unspecified atom stereocenters. The van der Waals surface area contributed by atoms with Crippen molar-refractivity contribution < 1.29 is 4.74 Å². The molecule has 0 saturated carbocycles. The van der Waals surface area contributed by atoms with Crippen molar-refractivity contribution in [2.24, 2.45) is 0 Å². The van der Waals surface area contributed by atoms with E-state index in [1.165, 1.54) is 16.7 Å². The Hall–Kier alpha value is -2.97. The highest BCUT2D eigenvalue weighted by molar-refractivity contribution is 7.79. The first-order chi connectivity index (χ1) is 12.3. The molecule has 4 aromatic rings. The van der Waals surface area contributed by atoms with E-state index in [4.69, 9.17) is 17.0 Å². The zero-order valence-electron chi connectivity index (χ0n) is 12.8. The van der Waals surface area contributed by atoms with Crippen molar-refractivity contribution in [1.82, 2.24) is 19.9 Å². The minimum Gasteiger partial charge on any atom is -0.439 e. The van der Waals surface area contributed by atoms with Crippen molar-refractivity contribution in [3.8, 4) is 11.6 Å². The fourth-order valence-corrected chi connectivity index (χ4v) is 3.08. The van der Waals surface area contributed by atoms with E-state index in [2.05, 4.69) is 25.3 Å².